The highest BCUT2D eigenvalue weighted by atomic mass is 32.1. The molecule has 1 aliphatic rings. The minimum Gasteiger partial charge on any atom is -0.325 e. The first-order valence-electron chi connectivity index (χ1n) is 6.91. The highest BCUT2D eigenvalue weighted by Crippen LogP contribution is 2.44. The Balaban J connectivity index is 2.16. The summed E-state index contributed by atoms with van der Waals surface area (Å²) in [6.07, 6.45) is 4.48. The lowest BCUT2D eigenvalue weighted by Crippen LogP contribution is -2.50. The number of rotatable bonds is 2. The van der Waals surface area contributed by atoms with E-state index in [1.165, 1.54) is 22.0 Å². The summed E-state index contributed by atoms with van der Waals surface area (Å²) in [7, 11) is 0. The summed E-state index contributed by atoms with van der Waals surface area (Å²) >= 11 is 1.82. The number of aryl methyl sites for hydroxylation is 2. The summed E-state index contributed by atoms with van der Waals surface area (Å²) in [6, 6.07) is 0. The Kier molecular flexibility index (Phi) is 3.58. The molecular weight excluding hydrogens is 240 g/mol. The summed E-state index contributed by atoms with van der Waals surface area (Å²) in [5, 5.41) is 1.22. The maximum atomic E-state index is 6.68. The molecule has 2 nitrogen and oxygen atoms in total. The molecule has 1 aromatic heterocycles. The van der Waals surface area contributed by atoms with Gasteiger partial charge in [-0.15, -0.1) is 11.3 Å². The molecule has 0 aliphatic heterocycles. The third-order valence-electron chi connectivity index (χ3n) is 4.06. The maximum Gasteiger partial charge on any atom is 0.0949 e. The number of nitrogens with zero attached hydrogens (tertiary/aromatic N) is 1. The SMILES string of the molecule is Cc1nc(CC2(N)CC(C)CC(C)(C)C2)sc1C. The third kappa shape index (κ3) is 3.12. The van der Waals surface area contributed by atoms with Gasteiger partial charge in [0.25, 0.3) is 0 Å². The fraction of sp³-hybridized carbons (Fsp3) is 0.800. The lowest BCUT2D eigenvalue weighted by molar-refractivity contribution is 0.108. The van der Waals surface area contributed by atoms with Crippen molar-refractivity contribution < 1.29 is 0 Å². The van der Waals surface area contributed by atoms with E-state index in [0.29, 0.717) is 5.41 Å². The van der Waals surface area contributed by atoms with E-state index in [2.05, 4.69) is 39.6 Å². The van der Waals surface area contributed by atoms with Crippen LogP contribution in [0.15, 0.2) is 0 Å². The standard InChI is InChI=1S/C15H26N2S/c1-10-6-14(4,5)9-15(16,7-10)8-13-17-11(2)12(3)18-13/h10H,6-9,16H2,1-5H3. The maximum absolute atomic E-state index is 6.68. The van der Waals surface area contributed by atoms with Crippen LogP contribution in [0.1, 0.15) is 55.6 Å². The van der Waals surface area contributed by atoms with Crippen molar-refractivity contribution in [3.05, 3.63) is 15.6 Å². The van der Waals surface area contributed by atoms with E-state index in [9.17, 15) is 0 Å². The van der Waals surface area contributed by atoms with Crippen LogP contribution in [0.5, 0.6) is 0 Å². The van der Waals surface area contributed by atoms with Crippen molar-refractivity contribution >= 4 is 11.3 Å². The van der Waals surface area contributed by atoms with Gasteiger partial charge in [-0.25, -0.2) is 4.98 Å². The van der Waals surface area contributed by atoms with Crippen LogP contribution >= 0.6 is 11.3 Å². The van der Waals surface area contributed by atoms with E-state index in [1.54, 1.807) is 0 Å². The Morgan fingerprint density at radius 1 is 1.33 bits per heavy atom. The zero-order valence-electron chi connectivity index (χ0n) is 12.3. The Morgan fingerprint density at radius 2 is 2.00 bits per heavy atom. The van der Waals surface area contributed by atoms with Gasteiger partial charge in [0.15, 0.2) is 0 Å². The van der Waals surface area contributed by atoms with Gasteiger partial charge in [0.05, 0.1) is 10.7 Å². The van der Waals surface area contributed by atoms with Crippen molar-refractivity contribution in [3.63, 3.8) is 0 Å². The molecule has 2 unspecified atom stereocenters. The van der Waals surface area contributed by atoms with E-state index < -0.39 is 0 Å². The van der Waals surface area contributed by atoms with Crippen molar-refractivity contribution in [1.82, 2.24) is 4.98 Å². The van der Waals surface area contributed by atoms with Gasteiger partial charge in [0.2, 0.25) is 0 Å². The smallest absolute Gasteiger partial charge is 0.0949 e. The molecule has 1 aromatic rings. The molecule has 0 radical (unpaired) electrons. The van der Waals surface area contributed by atoms with Crippen LogP contribution in [0, 0.1) is 25.2 Å². The average molecular weight is 266 g/mol. The predicted octanol–water partition coefficient (Wildman–Crippen LogP) is 3.85. The topological polar surface area (TPSA) is 38.9 Å². The lowest BCUT2D eigenvalue weighted by atomic mass is 9.64. The van der Waals surface area contributed by atoms with E-state index in [4.69, 9.17) is 5.73 Å². The summed E-state index contributed by atoms with van der Waals surface area (Å²) in [4.78, 5) is 5.99. The molecular formula is C15H26N2S. The van der Waals surface area contributed by atoms with Gasteiger partial charge in [-0.2, -0.15) is 0 Å². The van der Waals surface area contributed by atoms with E-state index in [1.807, 2.05) is 11.3 Å². The highest BCUT2D eigenvalue weighted by molar-refractivity contribution is 7.11. The van der Waals surface area contributed by atoms with Crippen LogP contribution < -0.4 is 5.73 Å². The molecule has 1 heterocycles. The molecule has 3 heteroatoms. The van der Waals surface area contributed by atoms with Gasteiger partial charge in [-0.1, -0.05) is 20.8 Å². The number of hydrogen-bond donors (Lipinski definition) is 1. The molecule has 2 atom stereocenters. The van der Waals surface area contributed by atoms with Crippen LogP contribution in [0.2, 0.25) is 0 Å². The Labute approximate surface area is 115 Å². The molecule has 1 fully saturated rings. The number of hydrogen-bond acceptors (Lipinski definition) is 3. The van der Waals surface area contributed by atoms with Crippen molar-refractivity contribution in [3.8, 4) is 0 Å². The van der Waals surface area contributed by atoms with Crippen LogP contribution in [0.4, 0.5) is 0 Å². The molecule has 0 amide bonds. The van der Waals surface area contributed by atoms with Crippen LogP contribution in [-0.2, 0) is 6.42 Å². The van der Waals surface area contributed by atoms with Crippen molar-refractivity contribution in [2.24, 2.45) is 17.1 Å². The summed E-state index contributed by atoms with van der Waals surface area (Å²) in [6.45, 7) is 11.3. The molecule has 0 aromatic carbocycles. The Morgan fingerprint density at radius 3 is 2.50 bits per heavy atom. The first-order chi connectivity index (χ1) is 8.19. The van der Waals surface area contributed by atoms with Crippen molar-refractivity contribution in [1.29, 1.82) is 0 Å². The van der Waals surface area contributed by atoms with Gasteiger partial charge in [0, 0.05) is 16.8 Å². The van der Waals surface area contributed by atoms with Crippen molar-refractivity contribution in [2.75, 3.05) is 0 Å². The largest absolute Gasteiger partial charge is 0.325 e. The van der Waals surface area contributed by atoms with Gasteiger partial charge in [-0.3, -0.25) is 0 Å². The quantitative estimate of drug-likeness (QED) is 0.883. The molecule has 0 saturated heterocycles. The van der Waals surface area contributed by atoms with Crippen LogP contribution in [0.25, 0.3) is 0 Å². The average Bonchev–Trinajstić information content (AvgIpc) is 2.39. The van der Waals surface area contributed by atoms with Gasteiger partial charge >= 0.3 is 0 Å². The fourth-order valence-corrected chi connectivity index (χ4v) is 4.95. The Bertz CT molecular complexity index is 416. The third-order valence-corrected chi connectivity index (χ3v) is 5.14. The second-order valence-electron chi connectivity index (χ2n) is 7.14. The molecule has 2 rings (SSSR count). The predicted molar refractivity (Wildman–Crippen MR) is 79.0 cm³/mol. The second kappa shape index (κ2) is 4.61. The van der Waals surface area contributed by atoms with Gasteiger partial charge in [0.1, 0.15) is 0 Å². The molecule has 2 N–H and O–H groups in total. The van der Waals surface area contributed by atoms with E-state index >= 15 is 0 Å². The summed E-state index contributed by atoms with van der Waals surface area (Å²) in [5.41, 5.74) is 8.16. The van der Waals surface area contributed by atoms with Crippen LogP contribution in [-0.4, -0.2) is 10.5 Å². The second-order valence-corrected chi connectivity index (χ2v) is 8.43. The van der Waals surface area contributed by atoms with E-state index in [0.717, 1.165) is 25.2 Å². The fourth-order valence-electron chi connectivity index (χ4n) is 3.86. The first kappa shape index (κ1) is 14.0. The van der Waals surface area contributed by atoms with Gasteiger partial charge < -0.3 is 5.73 Å². The van der Waals surface area contributed by atoms with Crippen LogP contribution in [0.3, 0.4) is 0 Å². The monoisotopic (exact) mass is 266 g/mol. The molecule has 1 aliphatic carbocycles. The summed E-state index contributed by atoms with van der Waals surface area (Å²) in [5.74, 6) is 0.723. The Hall–Kier alpha value is -0.410. The highest BCUT2D eigenvalue weighted by Gasteiger charge is 2.40. The minimum atomic E-state index is -0.0576. The molecule has 0 spiro atoms. The van der Waals surface area contributed by atoms with E-state index in [-0.39, 0.29) is 5.54 Å². The normalized spacial score (nSPS) is 31.6. The number of thiazole rings is 1. The zero-order valence-corrected chi connectivity index (χ0v) is 13.2. The zero-order chi connectivity index (χ0) is 13.6. The van der Waals surface area contributed by atoms with Crippen molar-refractivity contribution in [2.45, 2.75) is 65.8 Å². The lowest BCUT2D eigenvalue weighted by Gasteiger charge is -2.45. The number of aromatic nitrogens is 1. The molecule has 0 bridgehead atoms. The molecule has 102 valence electrons. The summed E-state index contributed by atoms with van der Waals surface area (Å²) < 4.78 is 0. The van der Waals surface area contributed by atoms with Gasteiger partial charge in [-0.05, 0) is 44.4 Å². The number of nitrogens with two attached hydrogens (primary N) is 1. The minimum absolute atomic E-state index is 0.0576. The first-order valence-corrected chi connectivity index (χ1v) is 7.73. The molecule has 1 saturated carbocycles. The molecule has 18 heavy (non-hydrogen) atoms.